The fourth-order valence-electron chi connectivity index (χ4n) is 9.06. The van der Waals surface area contributed by atoms with Gasteiger partial charge in [0, 0.05) is 12.2 Å². The van der Waals surface area contributed by atoms with E-state index < -0.39 is 5.97 Å². The van der Waals surface area contributed by atoms with Crippen molar-refractivity contribution >= 4 is 5.97 Å². The van der Waals surface area contributed by atoms with Crippen LogP contribution in [0, 0.1) is 39.9 Å². The molecule has 3 heteroatoms. The largest absolute Gasteiger partial charge is 0.478 e. The van der Waals surface area contributed by atoms with Gasteiger partial charge in [-0.2, -0.15) is 0 Å². The monoisotopic (exact) mass is 458 g/mol. The van der Waals surface area contributed by atoms with Gasteiger partial charge in [0.1, 0.15) is 0 Å². The Bertz CT molecular complexity index is 790. The number of aliphatic hydroxyl groups excluding tert-OH is 1. The first-order valence-electron chi connectivity index (χ1n) is 13.6. The third-order valence-electron chi connectivity index (χ3n) is 11.2. The van der Waals surface area contributed by atoms with Gasteiger partial charge in [-0.1, -0.05) is 44.9 Å². The molecule has 0 aromatic heterocycles. The minimum Gasteiger partial charge on any atom is -0.478 e. The first kappa shape index (κ1) is 26.5. The van der Waals surface area contributed by atoms with Gasteiger partial charge in [0.2, 0.25) is 0 Å². The van der Waals surface area contributed by atoms with Crippen molar-refractivity contribution < 1.29 is 15.0 Å². The Balaban J connectivity index is 1.84. The lowest BCUT2D eigenvalue weighted by Gasteiger charge is -2.65. The number of hydrogen-bond acceptors (Lipinski definition) is 2. The Morgan fingerprint density at radius 2 is 1.79 bits per heavy atom. The number of rotatable bonds is 8. The van der Waals surface area contributed by atoms with Gasteiger partial charge in [0.25, 0.3) is 0 Å². The van der Waals surface area contributed by atoms with E-state index in [9.17, 15) is 9.90 Å². The maximum atomic E-state index is 11.1. The fourth-order valence-corrected chi connectivity index (χ4v) is 9.06. The van der Waals surface area contributed by atoms with Crippen molar-refractivity contribution in [3.8, 4) is 0 Å². The summed E-state index contributed by atoms with van der Waals surface area (Å²) in [4.78, 5) is 11.1. The van der Waals surface area contributed by atoms with Crippen molar-refractivity contribution in [1.29, 1.82) is 0 Å². The number of allylic oxidation sites excluding steroid dienone is 3. The summed E-state index contributed by atoms with van der Waals surface area (Å²) in [7, 11) is 0. The molecule has 0 aromatic carbocycles. The smallest absolute Gasteiger partial charge is 0.330 e. The number of carbonyl (C=O) groups is 1. The molecule has 0 saturated heterocycles. The number of fused-ring (bicyclic) bond motifs is 3. The summed E-state index contributed by atoms with van der Waals surface area (Å²) >= 11 is 0. The molecule has 33 heavy (non-hydrogen) atoms. The molecule has 3 rings (SSSR count). The van der Waals surface area contributed by atoms with Crippen LogP contribution in [0.1, 0.15) is 113 Å². The van der Waals surface area contributed by atoms with Crippen LogP contribution in [0.2, 0.25) is 0 Å². The SMILES string of the molecule is CC(=CCC[C@@H](C)[C@H]1CC[C@@]2(C)[C@@H]3CCC(=C(C)C)[C@@H](CCCO)[C@]3(C)CC[C@]12C)C(=O)O. The van der Waals surface area contributed by atoms with Gasteiger partial charge in [-0.15, -0.1) is 0 Å². The van der Waals surface area contributed by atoms with E-state index in [0.717, 1.165) is 37.5 Å². The summed E-state index contributed by atoms with van der Waals surface area (Å²) in [5.74, 6) is 1.93. The molecule has 3 nitrogen and oxygen atoms in total. The van der Waals surface area contributed by atoms with Crippen LogP contribution >= 0.6 is 0 Å². The van der Waals surface area contributed by atoms with Crippen molar-refractivity contribution in [1.82, 2.24) is 0 Å². The third kappa shape index (κ3) is 4.48. The predicted octanol–water partition coefficient (Wildman–Crippen LogP) is 7.79. The lowest BCUT2D eigenvalue weighted by Crippen LogP contribution is -2.57. The molecule has 0 amide bonds. The maximum Gasteiger partial charge on any atom is 0.330 e. The summed E-state index contributed by atoms with van der Waals surface area (Å²) in [6, 6.07) is 0. The van der Waals surface area contributed by atoms with Gasteiger partial charge in [0.15, 0.2) is 0 Å². The Hall–Kier alpha value is -1.09. The van der Waals surface area contributed by atoms with E-state index in [1.807, 2.05) is 6.08 Å². The van der Waals surface area contributed by atoms with Crippen molar-refractivity contribution in [2.75, 3.05) is 6.61 Å². The number of carboxylic acid groups (broad SMARTS) is 1. The zero-order chi connectivity index (χ0) is 24.6. The Kier molecular flexibility index (Phi) is 7.94. The van der Waals surface area contributed by atoms with Crippen LogP contribution in [0.3, 0.4) is 0 Å². The van der Waals surface area contributed by atoms with Gasteiger partial charge >= 0.3 is 5.97 Å². The van der Waals surface area contributed by atoms with Crippen LogP contribution < -0.4 is 0 Å². The molecular formula is C30H50O3. The average molecular weight is 459 g/mol. The zero-order valence-corrected chi connectivity index (χ0v) is 22.5. The van der Waals surface area contributed by atoms with E-state index in [2.05, 4.69) is 41.5 Å². The van der Waals surface area contributed by atoms with Crippen LogP contribution in [0.5, 0.6) is 0 Å². The fraction of sp³-hybridized carbons (Fsp3) is 0.833. The summed E-state index contributed by atoms with van der Waals surface area (Å²) in [5, 5.41) is 18.8. The summed E-state index contributed by atoms with van der Waals surface area (Å²) in [6.45, 7) is 16.9. The molecule has 3 aliphatic carbocycles. The molecule has 0 spiro atoms. The highest BCUT2D eigenvalue weighted by Crippen LogP contribution is 2.74. The minimum atomic E-state index is -0.793. The molecule has 0 heterocycles. The number of aliphatic hydroxyl groups is 1. The second-order valence-electron chi connectivity index (χ2n) is 12.8. The van der Waals surface area contributed by atoms with E-state index in [1.165, 1.54) is 44.1 Å². The topological polar surface area (TPSA) is 57.5 Å². The Morgan fingerprint density at radius 1 is 1.09 bits per heavy atom. The van der Waals surface area contributed by atoms with Crippen molar-refractivity contribution in [2.24, 2.45) is 39.9 Å². The number of aliphatic carboxylic acids is 1. The highest BCUT2D eigenvalue weighted by atomic mass is 16.4. The average Bonchev–Trinajstić information content (AvgIpc) is 3.03. The first-order chi connectivity index (χ1) is 15.4. The molecule has 3 fully saturated rings. The molecule has 0 radical (unpaired) electrons. The minimum absolute atomic E-state index is 0.303. The second-order valence-corrected chi connectivity index (χ2v) is 12.8. The molecular weight excluding hydrogens is 408 g/mol. The number of hydrogen-bond donors (Lipinski definition) is 2. The Labute approximate surface area is 203 Å². The van der Waals surface area contributed by atoms with E-state index in [-0.39, 0.29) is 0 Å². The van der Waals surface area contributed by atoms with E-state index in [4.69, 9.17) is 5.11 Å². The summed E-state index contributed by atoms with van der Waals surface area (Å²) in [6.07, 6.45) is 13.7. The van der Waals surface area contributed by atoms with Crippen molar-refractivity contribution in [3.63, 3.8) is 0 Å². The molecule has 0 bridgehead atoms. The van der Waals surface area contributed by atoms with Crippen LogP contribution in [0.4, 0.5) is 0 Å². The molecule has 0 aromatic rings. The molecule has 188 valence electrons. The normalized spacial score (nSPS) is 39.7. The van der Waals surface area contributed by atoms with E-state index in [1.54, 1.807) is 12.5 Å². The van der Waals surface area contributed by atoms with Gasteiger partial charge in [0.05, 0.1) is 0 Å². The van der Waals surface area contributed by atoms with Crippen LogP contribution in [-0.4, -0.2) is 22.8 Å². The molecule has 0 aliphatic heterocycles. The zero-order valence-electron chi connectivity index (χ0n) is 22.5. The third-order valence-corrected chi connectivity index (χ3v) is 11.2. The second kappa shape index (κ2) is 9.88. The van der Waals surface area contributed by atoms with Gasteiger partial charge < -0.3 is 10.2 Å². The Morgan fingerprint density at radius 3 is 2.39 bits per heavy atom. The lowest BCUT2D eigenvalue weighted by molar-refractivity contribution is -0.144. The van der Waals surface area contributed by atoms with Gasteiger partial charge in [-0.3, -0.25) is 0 Å². The maximum absolute atomic E-state index is 11.1. The van der Waals surface area contributed by atoms with Crippen LogP contribution in [0.25, 0.3) is 0 Å². The lowest BCUT2D eigenvalue weighted by atomic mass is 9.40. The predicted molar refractivity (Wildman–Crippen MR) is 137 cm³/mol. The standard InChI is InChI=1S/C30H50O3/c1-20(2)23-13-14-26-28(5,25(23)12-9-19-31)17-18-29(6)24(15-16-30(26,29)7)21(3)10-8-11-22(4)27(32)33/h11,21,24-26,31H,8-10,12-19H2,1-7H3,(H,32,33)/t21-,24-,25-,26-,28+,29-,30+/m1/s1. The highest BCUT2D eigenvalue weighted by Gasteiger charge is 2.66. The molecule has 3 aliphatic rings. The van der Waals surface area contributed by atoms with Gasteiger partial charge in [-0.25, -0.2) is 4.79 Å². The molecule has 2 N–H and O–H groups in total. The molecule has 0 unspecified atom stereocenters. The van der Waals surface area contributed by atoms with E-state index in [0.29, 0.717) is 40.3 Å². The first-order valence-corrected chi connectivity index (χ1v) is 13.6. The quantitative estimate of drug-likeness (QED) is 0.288. The summed E-state index contributed by atoms with van der Waals surface area (Å²) in [5.41, 5.74) is 4.76. The van der Waals surface area contributed by atoms with Gasteiger partial charge in [-0.05, 0) is 125 Å². The highest BCUT2D eigenvalue weighted by molar-refractivity contribution is 5.85. The van der Waals surface area contributed by atoms with Crippen molar-refractivity contribution in [2.45, 2.75) is 113 Å². The summed E-state index contributed by atoms with van der Waals surface area (Å²) < 4.78 is 0. The van der Waals surface area contributed by atoms with E-state index >= 15 is 0 Å². The van der Waals surface area contributed by atoms with Crippen LogP contribution in [0.15, 0.2) is 22.8 Å². The molecule has 7 atom stereocenters. The molecule has 3 saturated carbocycles. The van der Waals surface area contributed by atoms with Crippen LogP contribution in [-0.2, 0) is 4.79 Å². The number of carboxylic acids is 1. The van der Waals surface area contributed by atoms with Crippen molar-refractivity contribution in [3.05, 3.63) is 22.8 Å².